The normalized spacial score (nSPS) is 57.2. The van der Waals surface area contributed by atoms with Crippen LogP contribution in [0.15, 0.2) is 0 Å². The van der Waals surface area contributed by atoms with Crippen LogP contribution in [0.5, 0.6) is 0 Å². The molecule has 5 fully saturated rings. The highest BCUT2D eigenvalue weighted by molar-refractivity contribution is 5.85. The minimum Gasteiger partial charge on any atom is -0.389 e. The summed E-state index contributed by atoms with van der Waals surface area (Å²) in [5.74, 6) is 1.83. The van der Waals surface area contributed by atoms with Crippen LogP contribution in [0.2, 0.25) is 0 Å². The van der Waals surface area contributed by atoms with Gasteiger partial charge in [0.05, 0.1) is 17.8 Å². The van der Waals surface area contributed by atoms with E-state index >= 15 is 0 Å². The first kappa shape index (κ1) is 27.1. The number of aliphatic hydroxyl groups is 4. The smallest absolute Gasteiger partial charge is 0.186 e. The highest BCUT2D eigenvalue weighted by Crippen LogP contribution is 2.68. The topological polar surface area (TPSA) is 125 Å². The first-order chi connectivity index (χ1) is 15.5. The van der Waals surface area contributed by atoms with E-state index in [1.807, 2.05) is 0 Å². The molecule has 0 radical (unpaired) electrons. The number of aliphatic hydroxyl groups excluding tert-OH is 3. The van der Waals surface area contributed by atoms with E-state index in [1.54, 1.807) is 6.92 Å². The van der Waals surface area contributed by atoms with Gasteiger partial charge in [-0.25, -0.2) is 0 Å². The minimum atomic E-state index is -1.26. The maximum absolute atomic E-state index is 12.1. The largest absolute Gasteiger partial charge is 0.389 e. The quantitative estimate of drug-likeness (QED) is 0.374. The van der Waals surface area contributed by atoms with E-state index in [-0.39, 0.29) is 29.3 Å². The van der Waals surface area contributed by atoms with Gasteiger partial charge in [0.15, 0.2) is 6.29 Å². The molecule has 1 heterocycles. The third kappa shape index (κ3) is 3.80. The van der Waals surface area contributed by atoms with Crippen LogP contribution in [-0.2, 0) is 9.47 Å². The van der Waals surface area contributed by atoms with Gasteiger partial charge in [-0.3, -0.25) is 0 Å². The van der Waals surface area contributed by atoms with Gasteiger partial charge in [-0.2, -0.15) is 0 Å². The van der Waals surface area contributed by atoms with Crippen LogP contribution in [0.1, 0.15) is 78.6 Å². The highest BCUT2D eigenvalue weighted by atomic mass is 35.5. The number of fused-ring (bicyclic) bond motifs is 5. The molecular weight excluding hydrogens is 458 g/mol. The number of hydrogen-bond acceptors (Lipinski definition) is 7. The second-order valence-electron chi connectivity index (χ2n) is 12.6. The van der Waals surface area contributed by atoms with Crippen LogP contribution in [0, 0.1) is 34.5 Å². The fourth-order valence-corrected chi connectivity index (χ4v) is 9.11. The summed E-state index contributed by atoms with van der Waals surface area (Å²) in [7, 11) is 0. The Hall–Kier alpha value is 0.01000. The summed E-state index contributed by atoms with van der Waals surface area (Å²) in [4.78, 5) is 0. The van der Waals surface area contributed by atoms with Gasteiger partial charge in [0.1, 0.15) is 18.3 Å². The monoisotopic (exact) mass is 503 g/mol. The van der Waals surface area contributed by atoms with Gasteiger partial charge in [0, 0.05) is 5.41 Å². The van der Waals surface area contributed by atoms with Crippen molar-refractivity contribution in [2.45, 2.75) is 121 Å². The van der Waals surface area contributed by atoms with Crippen LogP contribution in [-0.4, -0.2) is 69.4 Å². The molecule has 0 aromatic carbocycles. The van der Waals surface area contributed by atoms with E-state index in [0.717, 1.165) is 51.4 Å². The van der Waals surface area contributed by atoms with Crippen molar-refractivity contribution in [3.63, 3.8) is 0 Å². The summed E-state index contributed by atoms with van der Waals surface area (Å²) in [6.07, 6.45) is 4.03. The fourth-order valence-electron chi connectivity index (χ4n) is 9.11. The summed E-state index contributed by atoms with van der Waals surface area (Å²) in [5.41, 5.74) is 5.68. The Morgan fingerprint density at radius 1 is 0.912 bits per heavy atom. The van der Waals surface area contributed by atoms with Gasteiger partial charge < -0.3 is 35.6 Å². The van der Waals surface area contributed by atoms with Gasteiger partial charge in [-0.05, 0) is 100 Å². The van der Waals surface area contributed by atoms with E-state index in [4.69, 9.17) is 15.2 Å². The molecule has 1 aliphatic heterocycles. The average Bonchev–Trinajstić information content (AvgIpc) is 3.06. The van der Waals surface area contributed by atoms with E-state index in [9.17, 15) is 20.4 Å². The lowest BCUT2D eigenvalue weighted by Gasteiger charge is -2.63. The maximum Gasteiger partial charge on any atom is 0.186 e. The van der Waals surface area contributed by atoms with Crippen LogP contribution in [0.25, 0.3) is 0 Å². The van der Waals surface area contributed by atoms with Crippen molar-refractivity contribution >= 4 is 12.4 Å². The zero-order valence-electron chi connectivity index (χ0n) is 20.9. The van der Waals surface area contributed by atoms with Gasteiger partial charge >= 0.3 is 0 Å². The molecule has 1 saturated heterocycles. The average molecular weight is 504 g/mol. The lowest BCUT2D eigenvalue weighted by Crippen LogP contribution is -2.63. The predicted octanol–water partition coefficient (Wildman–Crippen LogP) is 2.35. The second-order valence-corrected chi connectivity index (χ2v) is 12.6. The Bertz CT molecular complexity index is 744. The lowest BCUT2D eigenvalue weighted by atomic mass is 9.43. The highest BCUT2D eigenvalue weighted by Gasteiger charge is 2.67. The van der Waals surface area contributed by atoms with E-state index in [1.165, 1.54) is 6.42 Å². The molecular formula is C26H46ClNO6. The van der Waals surface area contributed by atoms with E-state index in [0.29, 0.717) is 30.2 Å². The zero-order chi connectivity index (χ0) is 23.8. The molecule has 34 heavy (non-hydrogen) atoms. The standard InChI is InChI=1S/C26H45NO6.ClH/c1-14-20(28)21(29)22(30)23(32-14)33-17-7-9-24(2)15(12-17)4-5-19-18(24)8-10-25(3)16(13-27)6-11-26(19,25)31;/h14-23,28-31H,4-13,27H2,1-3H3;1H/t14-,15+,16+,17-,18-,19+,20-,21+,22+,23-,24-,25+,26-;/m0./s1. The van der Waals surface area contributed by atoms with Gasteiger partial charge in [0.25, 0.3) is 0 Å². The van der Waals surface area contributed by atoms with Gasteiger partial charge in [0.2, 0.25) is 0 Å². The summed E-state index contributed by atoms with van der Waals surface area (Å²) < 4.78 is 11.9. The van der Waals surface area contributed by atoms with Crippen molar-refractivity contribution in [1.29, 1.82) is 0 Å². The molecule has 0 bridgehead atoms. The molecule has 0 aromatic heterocycles. The van der Waals surface area contributed by atoms with Crippen molar-refractivity contribution in [2.75, 3.05) is 6.54 Å². The van der Waals surface area contributed by atoms with Crippen molar-refractivity contribution in [2.24, 2.45) is 40.2 Å². The molecule has 8 heteroatoms. The summed E-state index contributed by atoms with van der Waals surface area (Å²) >= 11 is 0. The number of halogens is 1. The van der Waals surface area contributed by atoms with Crippen LogP contribution in [0.4, 0.5) is 0 Å². The fraction of sp³-hybridized carbons (Fsp3) is 1.00. The number of ether oxygens (including phenoxy) is 2. The summed E-state index contributed by atoms with van der Waals surface area (Å²) in [6, 6.07) is 0. The van der Waals surface area contributed by atoms with Crippen molar-refractivity contribution in [3.8, 4) is 0 Å². The van der Waals surface area contributed by atoms with Crippen molar-refractivity contribution < 1.29 is 29.9 Å². The maximum atomic E-state index is 12.1. The molecule has 6 N–H and O–H groups in total. The Morgan fingerprint density at radius 3 is 2.35 bits per heavy atom. The molecule has 0 unspecified atom stereocenters. The second kappa shape index (κ2) is 9.39. The molecule has 0 spiro atoms. The summed E-state index contributed by atoms with van der Waals surface area (Å²) in [6.45, 7) is 7.11. The number of hydrogen-bond donors (Lipinski definition) is 5. The molecule has 13 atom stereocenters. The van der Waals surface area contributed by atoms with Crippen LogP contribution >= 0.6 is 12.4 Å². The Balaban J connectivity index is 0.00000274. The molecule has 0 aromatic rings. The predicted molar refractivity (Wildman–Crippen MR) is 130 cm³/mol. The minimum absolute atomic E-state index is 0. The van der Waals surface area contributed by atoms with Crippen molar-refractivity contribution in [3.05, 3.63) is 0 Å². The Kier molecular flexibility index (Phi) is 7.47. The van der Waals surface area contributed by atoms with E-state index < -0.39 is 36.3 Å². The molecule has 4 aliphatic carbocycles. The first-order valence-corrected chi connectivity index (χ1v) is 13.3. The van der Waals surface area contributed by atoms with Crippen molar-refractivity contribution in [1.82, 2.24) is 0 Å². The molecule has 4 saturated carbocycles. The van der Waals surface area contributed by atoms with Crippen LogP contribution in [0.3, 0.4) is 0 Å². The lowest BCUT2D eigenvalue weighted by molar-refractivity contribution is -0.310. The molecule has 5 rings (SSSR count). The third-order valence-corrected chi connectivity index (χ3v) is 11.4. The first-order valence-electron chi connectivity index (χ1n) is 13.3. The Morgan fingerprint density at radius 2 is 1.65 bits per heavy atom. The molecule has 0 amide bonds. The summed E-state index contributed by atoms with van der Waals surface area (Å²) in [5, 5.41) is 42.5. The SMILES string of the molecule is C[C@@H]1O[C@@H](O[C@H]2CC[C@@]3(C)[C@H](CC[C@@H]4[C@@H]3CC[C@]3(C)[C@@H](CN)CC[C@]43O)C2)[C@H](O)[C@H](O)[C@H]1O.Cl. The van der Waals surface area contributed by atoms with Crippen LogP contribution < -0.4 is 5.73 Å². The van der Waals surface area contributed by atoms with Gasteiger partial charge in [-0.15, -0.1) is 12.4 Å². The Labute approximate surface area is 210 Å². The zero-order valence-corrected chi connectivity index (χ0v) is 21.8. The molecule has 5 aliphatic rings. The number of rotatable bonds is 3. The van der Waals surface area contributed by atoms with E-state index in [2.05, 4.69) is 13.8 Å². The third-order valence-electron chi connectivity index (χ3n) is 11.4. The number of nitrogens with two attached hydrogens (primary N) is 1. The molecule has 7 nitrogen and oxygen atoms in total. The molecule has 198 valence electrons. The van der Waals surface area contributed by atoms with Gasteiger partial charge in [-0.1, -0.05) is 13.8 Å².